The van der Waals surface area contributed by atoms with E-state index in [2.05, 4.69) is 41.9 Å². The van der Waals surface area contributed by atoms with Crippen LogP contribution in [-0.2, 0) is 0 Å². The van der Waals surface area contributed by atoms with Gasteiger partial charge in [-0.05, 0) is 50.3 Å². The zero-order chi connectivity index (χ0) is 13.0. The fraction of sp³-hybridized carbons (Fsp3) is 0.667. The fourth-order valence-corrected chi connectivity index (χ4v) is 3.00. The van der Waals surface area contributed by atoms with Crippen LogP contribution in [0.5, 0.6) is 0 Å². The number of aryl methyl sites for hydroxylation is 1. The third kappa shape index (κ3) is 3.02. The number of nitrogens with zero attached hydrogens (tertiary/aromatic N) is 2. The second kappa shape index (κ2) is 6.19. The highest BCUT2D eigenvalue weighted by Crippen LogP contribution is 2.28. The molecule has 1 aliphatic rings. The first-order valence-electron chi connectivity index (χ1n) is 7.13. The smallest absolute Gasteiger partial charge is 0.128 e. The van der Waals surface area contributed by atoms with Gasteiger partial charge in [0, 0.05) is 18.8 Å². The summed E-state index contributed by atoms with van der Waals surface area (Å²) in [6, 6.07) is 6.27. The highest BCUT2D eigenvalue weighted by Gasteiger charge is 2.25. The van der Waals surface area contributed by atoms with E-state index in [1.54, 1.807) is 0 Å². The molecular formula is C15H25N3. The predicted octanol–water partition coefficient (Wildman–Crippen LogP) is 2.59. The third-order valence-electron chi connectivity index (χ3n) is 4.23. The van der Waals surface area contributed by atoms with Crippen LogP contribution in [0.1, 0.15) is 31.9 Å². The zero-order valence-corrected chi connectivity index (χ0v) is 11.6. The van der Waals surface area contributed by atoms with E-state index in [1.165, 1.54) is 19.3 Å². The second-order valence-electron chi connectivity index (χ2n) is 5.37. The molecular weight excluding hydrogens is 222 g/mol. The number of nitrogens with two attached hydrogens (primary N) is 1. The molecule has 1 fully saturated rings. The van der Waals surface area contributed by atoms with Crippen LogP contribution in [0.3, 0.4) is 0 Å². The molecule has 3 heteroatoms. The van der Waals surface area contributed by atoms with Gasteiger partial charge < -0.3 is 10.6 Å². The lowest BCUT2D eigenvalue weighted by Crippen LogP contribution is -2.38. The normalized spacial score (nSPS) is 18.9. The van der Waals surface area contributed by atoms with Gasteiger partial charge in [0.15, 0.2) is 0 Å². The minimum Gasteiger partial charge on any atom is -0.357 e. The summed E-state index contributed by atoms with van der Waals surface area (Å²) >= 11 is 0. The Morgan fingerprint density at radius 2 is 2.11 bits per heavy atom. The SMILES string of the molecule is CCC(CN)C1CCN(c2cccc(C)n2)CC1. The quantitative estimate of drug-likeness (QED) is 0.889. The van der Waals surface area contributed by atoms with E-state index in [9.17, 15) is 0 Å². The maximum absolute atomic E-state index is 5.85. The Kier molecular flexibility index (Phi) is 4.59. The Balaban J connectivity index is 1.94. The van der Waals surface area contributed by atoms with Crippen molar-refractivity contribution in [1.82, 2.24) is 4.98 Å². The van der Waals surface area contributed by atoms with Gasteiger partial charge in [0.1, 0.15) is 5.82 Å². The number of pyridine rings is 1. The van der Waals surface area contributed by atoms with Crippen LogP contribution in [-0.4, -0.2) is 24.6 Å². The van der Waals surface area contributed by atoms with Crippen molar-refractivity contribution >= 4 is 5.82 Å². The lowest BCUT2D eigenvalue weighted by Gasteiger charge is -2.36. The first-order chi connectivity index (χ1) is 8.74. The molecule has 2 N–H and O–H groups in total. The van der Waals surface area contributed by atoms with Crippen molar-refractivity contribution in [1.29, 1.82) is 0 Å². The number of anilines is 1. The molecule has 1 atom stereocenters. The van der Waals surface area contributed by atoms with Gasteiger partial charge in [-0.3, -0.25) is 0 Å². The van der Waals surface area contributed by atoms with Gasteiger partial charge in [-0.1, -0.05) is 19.4 Å². The molecule has 2 rings (SSSR count). The average molecular weight is 247 g/mol. The Labute approximate surface area is 110 Å². The summed E-state index contributed by atoms with van der Waals surface area (Å²) < 4.78 is 0. The van der Waals surface area contributed by atoms with Crippen molar-refractivity contribution < 1.29 is 0 Å². The predicted molar refractivity (Wildman–Crippen MR) is 76.7 cm³/mol. The Morgan fingerprint density at radius 1 is 1.39 bits per heavy atom. The largest absolute Gasteiger partial charge is 0.357 e. The van der Waals surface area contributed by atoms with Gasteiger partial charge in [0.05, 0.1) is 0 Å². The van der Waals surface area contributed by atoms with E-state index in [0.717, 1.165) is 37.1 Å². The first kappa shape index (κ1) is 13.3. The Bertz CT molecular complexity index is 366. The summed E-state index contributed by atoms with van der Waals surface area (Å²) in [4.78, 5) is 7.02. The van der Waals surface area contributed by atoms with Gasteiger partial charge in [0.25, 0.3) is 0 Å². The second-order valence-corrected chi connectivity index (χ2v) is 5.37. The number of hydrogen-bond donors (Lipinski definition) is 1. The summed E-state index contributed by atoms with van der Waals surface area (Å²) in [6.07, 6.45) is 3.72. The number of hydrogen-bond acceptors (Lipinski definition) is 3. The minimum atomic E-state index is 0.706. The van der Waals surface area contributed by atoms with E-state index in [1.807, 2.05) is 0 Å². The number of piperidine rings is 1. The Hall–Kier alpha value is -1.09. The van der Waals surface area contributed by atoms with Crippen molar-refractivity contribution in [3.63, 3.8) is 0 Å². The van der Waals surface area contributed by atoms with Gasteiger partial charge in [-0.2, -0.15) is 0 Å². The van der Waals surface area contributed by atoms with E-state index >= 15 is 0 Å². The van der Waals surface area contributed by atoms with Crippen LogP contribution in [0.25, 0.3) is 0 Å². The van der Waals surface area contributed by atoms with Gasteiger partial charge in [-0.15, -0.1) is 0 Å². The molecule has 0 spiro atoms. The van der Waals surface area contributed by atoms with Crippen LogP contribution < -0.4 is 10.6 Å². The topological polar surface area (TPSA) is 42.1 Å². The first-order valence-corrected chi connectivity index (χ1v) is 7.13. The summed E-state index contributed by atoms with van der Waals surface area (Å²) in [5.41, 5.74) is 6.95. The maximum atomic E-state index is 5.85. The zero-order valence-electron chi connectivity index (χ0n) is 11.6. The monoisotopic (exact) mass is 247 g/mol. The van der Waals surface area contributed by atoms with Gasteiger partial charge in [0.2, 0.25) is 0 Å². The molecule has 18 heavy (non-hydrogen) atoms. The fourth-order valence-electron chi connectivity index (χ4n) is 3.00. The molecule has 2 heterocycles. The molecule has 0 radical (unpaired) electrons. The average Bonchev–Trinajstić information content (AvgIpc) is 2.41. The summed E-state index contributed by atoms with van der Waals surface area (Å²) in [5.74, 6) is 2.65. The van der Waals surface area contributed by atoms with Crippen molar-refractivity contribution in [2.24, 2.45) is 17.6 Å². The van der Waals surface area contributed by atoms with Gasteiger partial charge >= 0.3 is 0 Å². The molecule has 1 aliphatic heterocycles. The van der Waals surface area contributed by atoms with Gasteiger partial charge in [-0.25, -0.2) is 4.98 Å². The highest BCUT2D eigenvalue weighted by atomic mass is 15.2. The summed E-state index contributed by atoms with van der Waals surface area (Å²) in [6.45, 7) is 7.39. The molecule has 0 bridgehead atoms. The highest BCUT2D eigenvalue weighted by molar-refractivity contribution is 5.39. The third-order valence-corrected chi connectivity index (χ3v) is 4.23. The van der Waals surface area contributed by atoms with Crippen molar-refractivity contribution in [3.8, 4) is 0 Å². The summed E-state index contributed by atoms with van der Waals surface area (Å²) in [5, 5.41) is 0. The number of aromatic nitrogens is 1. The molecule has 0 aromatic carbocycles. The molecule has 0 aliphatic carbocycles. The van der Waals surface area contributed by atoms with E-state index in [-0.39, 0.29) is 0 Å². The lowest BCUT2D eigenvalue weighted by atomic mass is 9.83. The molecule has 0 saturated carbocycles. The van der Waals surface area contributed by atoms with E-state index < -0.39 is 0 Å². The maximum Gasteiger partial charge on any atom is 0.128 e. The molecule has 1 unspecified atom stereocenters. The molecule has 100 valence electrons. The van der Waals surface area contributed by atoms with E-state index in [0.29, 0.717) is 5.92 Å². The Morgan fingerprint density at radius 3 is 2.67 bits per heavy atom. The van der Waals surface area contributed by atoms with Crippen LogP contribution in [0, 0.1) is 18.8 Å². The van der Waals surface area contributed by atoms with Crippen molar-refractivity contribution in [3.05, 3.63) is 23.9 Å². The van der Waals surface area contributed by atoms with Crippen LogP contribution in [0.2, 0.25) is 0 Å². The number of rotatable bonds is 4. The lowest BCUT2D eigenvalue weighted by molar-refractivity contribution is 0.273. The molecule has 0 amide bonds. The molecule has 1 aromatic heterocycles. The standard InChI is InChI=1S/C15H25N3/c1-3-13(11-16)14-7-9-18(10-8-14)15-6-4-5-12(2)17-15/h4-6,13-14H,3,7-11,16H2,1-2H3. The van der Waals surface area contributed by atoms with Crippen LogP contribution in [0.4, 0.5) is 5.82 Å². The van der Waals surface area contributed by atoms with E-state index in [4.69, 9.17) is 5.73 Å². The van der Waals surface area contributed by atoms with Crippen molar-refractivity contribution in [2.45, 2.75) is 33.1 Å². The van der Waals surface area contributed by atoms with Crippen LogP contribution >= 0.6 is 0 Å². The van der Waals surface area contributed by atoms with Crippen molar-refractivity contribution in [2.75, 3.05) is 24.5 Å². The summed E-state index contributed by atoms with van der Waals surface area (Å²) in [7, 11) is 0. The van der Waals surface area contributed by atoms with Crippen LogP contribution in [0.15, 0.2) is 18.2 Å². The molecule has 1 saturated heterocycles. The molecule has 1 aromatic rings. The minimum absolute atomic E-state index is 0.706. The molecule has 3 nitrogen and oxygen atoms in total.